The molecule has 0 radical (unpaired) electrons. The molecule has 0 aliphatic heterocycles. The number of nitrogens with zero attached hydrogens (tertiary/aromatic N) is 1. The van der Waals surface area contributed by atoms with Gasteiger partial charge in [0, 0.05) is 21.8 Å². The highest BCUT2D eigenvalue weighted by Gasteiger charge is 2.58. The largest absolute Gasteiger partial charge is 0.260 e. The van der Waals surface area contributed by atoms with Gasteiger partial charge in [-0.3, -0.25) is 4.98 Å². The van der Waals surface area contributed by atoms with Crippen molar-refractivity contribution >= 4 is 15.9 Å². The predicted octanol–water partition coefficient (Wildman–Crippen LogP) is 2.90. The van der Waals surface area contributed by atoms with Crippen LogP contribution in [0.25, 0.3) is 0 Å². The summed E-state index contributed by atoms with van der Waals surface area (Å²) in [5, 5.41) is 0. The second-order valence-corrected chi connectivity index (χ2v) is 5.04. The molecule has 0 aromatic carbocycles. The Bertz CT molecular complexity index is 300. The zero-order valence-corrected chi connectivity index (χ0v) is 8.34. The monoisotopic (exact) mass is 223 g/mol. The molecule has 3 aliphatic rings. The molecule has 2 bridgehead atoms. The van der Waals surface area contributed by atoms with Crippen LogP contribution in [-0.2, 0) is 5.41 Å². The maximum absolute atomic E-state index is 4.46. The molecule has 3 aliphatic carbocycles. The number of rotatable bonds is 1. The van der Waals surface area contributed by atoms with E-state index in [1.165, 1.54) is 25.0 Å². The van der Waals surface area contributed by atoms with Gasteiger partial charge in [0.1, 0.15) is 0 Å². The highest BCUT2D eigenvalue weighted by molar-refractivity contribution is 9.10. The van der Waals surface area contributed by atoms with Crippen LogP contribution in [0.1, 0.15) is 25.0 Å². The first kappa shape index (κ1) is 7.07. The third-order valence-electron chi connectivity index (χ3n) is 3.31. The second kappa shape index (κ2) is 2.11. The van der Waals surface area contributed by atoms with Crippen molar-refractivity contribution in [2.24, 2.45) is 5.92 Å². The smallest absolute Gasteiger partial charge is 0.0466 e. The SMILES string of the molecule is Brc1ccc(C23CC(C2)C3)nc1. The number of aromatic nitrogens is 1. The van der Waals surface area contributed by atoms with Crippen molar-refractivity contribution in [3.05, 3.63) is 28.5 Å². The van der Waals surface area contributed by atoms with Crippen LogP contribution in [0.15, 0.2) is 22.8 Å². The van der Waals surface area contributed by atoms with Crippen molar-refractivity contribution in [1.82, 2.24) is 4.98 Å². The van der Waals surface area contributed by atoms with Crippen LogP contribution in [0.4, 0.5) is 0 Å². The zero-order valence-electron chi connectivity index (χ0n) is 6.76. The van der Waals surface area contributed by atoms with E-state index in [1.54, 1.807) is 0 Å². The van der Waals surface area contributed by atoms with Gasteiger partial charge in [0.15, 0.2) is 0 Å². The first-order chi connectivity index (χ1) is 5.78. The Morgan fingerprint density at radius 3 is 2.50 bits per heavy atom. The molecule has 0 saturated heterocycles. The third kappa shape index (κ3) is 0.764. The van der Waals surface area contributed by atoms with Gasteiger partial charge in [0.25, 0.3) is 0 Å². The van der Waals surface area contributed by atoms with Gasteiger partial charge in [-0.25, -0.2) is 0 Å². The number of halogens is 1. The summed E-state index contributed by atoms with van der Waals surface area (Å²) < 4.78 is 1.08. The molecule has 1 aromatic rings. The minimum Gasteiger partial charge on any atom is -0.260 e. The first-order valence-corrected chi connectivity index (χ1v) is 5.20. The van der Waals surface area contributed by atoms with E-state index in [4.69, 9.17) is 0 Å². The fourth-order valence-electron chi connectivity index (χ4n) is 2.48. The maximum atomic E-state index is 4.46. The Balaban J connectivity index is 1.96. The van der Waals surface area contributed by atoms with E-state index < -0.39 is 0 Å². The quantitative estimate of drug-likeness (QED) is 0.714. The van der Waals surface area contributed by atoms with Gasteiger partial charge in [-0.15, -0.1) is 0 Å². The van der Waals surface area contributed by atoms with Gasteiger partial charge >= 0.3 is 0 Å². The van der Waals surface area contributed by atoms with Crippen molar-refractivity contribution in [2.75, 3.05) is 0 Å². The van der Waals surface area contributed by atoms with E-state index >= 15 is 0 Å². The van der Waals surface area contributed by atoms with Crippen LogP contribution in [-0.4, -0.2) is 4.98 Å². The van der Waals surface area contributed by atoms with Crippen LogP contribution in [0, 0.1) is 5.92 Å². The van der Waals surface area contributed by atoms with Crippen LogP contribution < -0.4 is 0 Å². The van der Waals surface area contributed by atoms with Crippen LogP contribution in [0.2, 0.25) is 0 Å². The molecule has 0 spiro atoms. The van der Waals surface area contributed by atoms with Crippen molar-refractivity contribution in [1.29, 1.82) is 0 Å². The van der Waals surface area contributed by atoms with Crippen molar-refractivity contribution < 1.29 is 0 Å². The molecular formula is C10H10BrN. The summed E-state index contributed by atoms with van der Waals surface area (Å²) in [6.07, 6.45) is 6.08. The normalized spacial score (nSPS) is 36.9. The summed E-state index contributed by atoms with van der Waals surface area (Å²) in [5.74, 6) is 1.04. The van der Waals surface area contributed by atoms with Crippen LogP contribution in [0.5, 0.6) is 0 Å². The van der Waals surface area contributed by atoms with E-state index in [0.717, 1.165) is 10.4 Å². The average molecular weight is 224 g/mol. The lowest BCUT2D eigenvalue weighted by atomic mass is 9.43. The Kier molecular flexibility index (Phi) is 1.24. The van der Waals surface area contributed by atoms with Crippen molar-refractivity contribution in [3.8, 4) is 0 Å². The van der Waals surface area contributed by atoms with Crippen molar-refractivity contribution in [3.63, 3.8) is 0 Å². The summed E-state index contributed by atoms with van der Waals surface area (Å²) in [6.45, 7) is 0. The summed E-state index contributed by atoms with van der Waals surface area (Å²) in [4.78, 5) is 4.46. The summed E-state index contributed by atoms with van der Waals surface area (Å²) in [5.41, 5.74) is 1.83. The molecule has 2 heteroatoms. The molecule has 1 aromatic heterocycles. The Hall–Kier alpha value is -0.370. The number of hydrogen-bond donors (Lipinski definition) is 0. The highest BCUT2D eigenvalue weighted by atomic mass is 79.9. The second-order valence-electron chi connectivity index (χ2n) is 4.12. The molecule has 1 heterocycles. The fraction of sp³-hybridized carbons (Fsp3) is 0.500. The van der Waals surface area contributed by atoms with Gasteiger partial charge < -0.3 is 0 Å². The van der Waals surface area contributed by atoms with Crippen molar-refractivity contribution in [2.45, 2.75) is 24.7 Å². The predicted molar refractivity (Wildman–Crippen MR) is 51.0 cm³/mol. The lowest BCUT2D eigenvalue weighted by Crippen LogP contribution is -2.55. The molecule has 0 N–H and O–H groups in total. The topological polar surface area (TPSA) is 12.9 Å². The Morgan fingerprint density at radius 1 is 1.33 bits per heavy atom. The number of hydrogen-bond acceptors (Lipinski definition) is 1. The molecule has 0 atom stereocenters. The first-order valence-electron chi connectivity index (χ1n) is 4.41. The fourth-order valence-corrected chi connectivity index (χ4v) is 2.72. The average Bonchev–Trinajstić information content (AvgIpc) is 1.87. The van der Waals surface area contributed by atoms with Gasteiger partial charge in [-0.2, -0.15) is 0 Å². The maximum Gasteiger partial charge on any atom is 0.0466 e. The van der Waals surface area contributed by atoms with E-state index in [0.29, 0.717) is 5.41 Å². The standard InChI is InChI=1S/C10H10BrN/c11-8-1-2-9(12-6-8)10-3-7(4-10)5-10/h1-2,6-7H,3-5H2. The third-order valence-corrected chi connectivity index (χ3v) is 3.78. The molecule has 4 rings (SSSR count). The minimum atomic E-state index is 0.519. The van der Waals surface area contributed by atoms with E-state index in [9.17, 15) is 0 Å². The summed E-state index contributed by atoms with van der Waals surface area (Å²) in [7, 11) is 0. The van der Waals surface area contributed by atoms with E-state index in [1.807, 2.05) is 6.20 Å². The molecule has 62 valence electrons. The molecule has 3 fully saturated rings. The van der Waals surface area contributed by atoms with E-state index in [2.05, 4.69) is 33.0 Å². The van der Waals surface area contributed by atoms with Crippen LogP contribution in [0.3, 0.4) is 0 Å². The van der Waals surface area contributed by atoms with Gasteiger partial charge in [0.2, 0.25) is 0 Å². The lowest BCUT2D eigenvalue weighted by Gasteiger charge is -2.61. The zero-order chi connectivity index (χ0) is 8.18. The molecular weight excluding hydrogens is 214 g/mol. The summed E-state index contributed by atoms with van der Waals surface area (Å²) >= 11 is 3.40. The van der Waals surface area contributed by atoms with Crippen LogP contribution >= 0.6 is 15.9 Å². The minimum absolute atomic E-state index is 0.519. The number of pyridine rings is 1. The van der Waals surface area contributed by atoms with Gasteiger partial charge in [-0.05, 0) is 53.2 Å². The Labute approximate surface area is 80.3 Å². The van der Waals surface area contributed by atoms with E-state index in [-0.39, 0.29) is 0 Å². The molecule has 1 nitrogen and oxygen atoms in total. The lowest BCUT2D eigenvalue weighted by molar-refractivity contribution is -0.0308. The molecule has 3 saturated carbocycles. The molecule has 0 amide bonds. The highest BCUT2D eigenvalue weighted by Crippen LogP contribution is 2.64. The van der Waals surface area contributed by atoms with Gasteiger partial charge in [-0.1, -0.05) is 0 Å². The Morgan fingerprint density at radius 2 is 2.08 bits per heavy atom. The van der Waals surface area contributed by atoms with Gasteiger partial charge in [0.05, 0.1) is 0 Å². The molecule has 0 unspecified atom stereocenters. The summed E-state index contributed by atoms with van der Waals surface area (Å²) in [6, 6.07) is 4.27. The molecule has 12 heavy (non-hydrogen) atoms.